The van der Waals surface area contributed by atoms with Crippen LogP contribution in [0.4, 0.5) is 0 Å². The van der Waals surface area contributed by atoms with Crippen molar-refractivity contribution in [2.24, 2.45) is 5.41 Å². The number of hydrogen-bond donors (Lipinski definition) is 0. The quantitative estimate of drug-likeness (QED) is 0.613. The van der Waals surface area contributed by atoms with Crippen LogP contribution in [0.3, 0.4) is 0 Å². The van der Waals surface area contributed by atoms with Crippen molar-refractivity contribution < 1.29 is 14.3 Å². The smallest absolute Gasteiger partial charge is 0.312 e. The van der Waals surface area contributed by atoms with E-state index >= 15 is 0 Å². The number of esters is 1. The van der Waals surface area contributed by atoms with Crippen molar-refractivity contribution in [3.8, 4) is 0 Å². The molecule has 0 aromatic rings. The Hall–Kier alpha value is -0.860. The summed E-state index contributed by atoms with van der Waals surface area (Å²) in [5, 5.41) is 0. The van der Waals surface area contributed by atoms with Crippen LogP contribution < -0.4 is 0 Å². The highest BCUT2D eigenvalue weighted by Crippen LogP contribution is 2.35. The molecule has 13 heavy (non-hydrogen) atoms. The number of hydrogen-bond acceptors (Lipinski definition) is 3. The number of carbonyl (C=O) groups is 2. The molecule has 1 aliphatic rings. The third-order valence-electron chi connectivity index (χ3n) is 2.54. The third kappa shape index (κ3) is 2.29. The lowest BCUT2D eigenvalue weighted by Gasteiger charge is -2.29. The predicted octanol–water partition coefficient (Wildman–Crippen LogP) is 1.70. The van der Waals surface area contributed by atoms with Gasteiger partial charge in [-0.3, -0.25) is 9.59 Å². The van der Waals surface area contributed by atoms with Crippen molar-refractivity contribution in [1.29, 1.82) is 0 Å². The maximum absolute atomic E-state index is 11.5. The molecule has 0 saturated heterocycles. The molecule has 0 bridgehead atoms. The van der Waals surface area contributed by atoms with Crippen LogP contribution in [0, 0.1) is 5.41 Å². The number of Topliss-reactive ketones (excluding diaryl/α,β-unsaturated/α-hetero) is 1. The average molecular weight is 184 g/mol. The van der Waals surface area contributed by atoms with Crippen molar-refractivity contribution >= 4 is 11.8 Å². The second kappa shape index (κ2) is 3.90. The van der Waals surface area contributed by atoms with Gasteiger partial charge in [-0.25, -0.2) is 0 Å². The van der Waals surface area contributed by atoms with E-state index < -0.39 is 5.41 Å². The van der Waals surface area contributed by atoms with Crippen LogP contribution in [0.5, 0.6) is 0 Å². The van der Waals surface area contributed by atoms with Gasteiger partial charge in [0.05, 0.1) is 12.0 Å². The summed E-state index contributed by atoms with van der Waals surface area (Å²) in [7, 11) is 0. The summed E-state index contributed by atoms with van der Waals surface area (Å²) in [6.45, 7) is 4.00. The summed E-state index contributed by atoms with van der Waals surface area (Å²) < 4.78 is 4.94. The Bertz CT molecular complexity index is 222. The lowest BCUT2D eigenvalue weighted by atomic mass is 9.75. The summed E-state index contributed by atoms with van der Waals surface area (Å²) in [4.78, 5) is 22.7. The fraction of sp³-hybridized carbons (Fsp3) is 0.800. The first-order chi connectivity index (χ1) is 6.08. The highest BCUT2D eigenvalue weighted by atomic mass is 16.5. The van der Waals surface area contributed by atoms with E-state index in [4.69, 9.17) is 4.74 Å². The molecule has 0 N–H and O–H groups in total. The van der Waals surface area contributed by atoms with Crippen LogP contribution in [0.2, 0.25) is 0 Å². The summed E-state index contributed by atoms with van der Waals surface area (Å²) in [5.74, 6) is -0.0372. The van der Waals surface area contributed by atoms with E-state index in [0.717, 1.165) is 12.8 Å². The van der Waals surface area contributed by atoms with Crippen LogP contribution in [-0.4, -0.2) is 18.4 Å². The molecule has 0 amide bonds. The zero-order valence-electron chi connectivity index (χ0n) is 8.26. The van der Waals surface area contributed by atoms with E-state index in [0.29, 0.717) is 19.4 Å². The molecule has 3 heteroatoms. The second-order valence-corrected chi connectivity index (χ2v) is 3.85. The van der Waals surface area contributed by atoms with Gasteiger partial charge in [0.2, 0.25) is 0 Å². The van der Waals surface area contributed by atoms with Crippen molar-refractivity contribution in [3.05, 3.63) is 0 Å². The van der Waals surface area contributed by atoms with Crippen molar-refractivity contribution in [2.45, 2.75) is 39.5 Å². The van der Waals surface area contributed by atoms with Crippen LogP contribution in [-0.2, 0) is 14.3 Å². The average Bonchev–Trinajstić information content (AvgIpc) is 2.04. The first kappa shape index (κ1) is 10.2. The second-order valence-electron chi connectivity index (χ2n) is 3.85. The SMILES string of the molecule is CCOC(=O)[C@@]1(C)CCCC(=O)C1. The summed E-state index contributed by atoms with van der Waals surface area (Å²) in [6, 6.07) is 0. The maximum Gasteiger partial charge on any atom is 0.312 e. The van der Waals surface area contributed by atoms with Crippen LogP contribution in [0.15, 0.2) is 0 Å². The molecule has 0 heterocycles. The van der Waals surface area contributed by atoms with Gasteiger partial charge in [0.15, 0.2) is 0 Å². The standard InChI is InChI=1S/C10H16O3/c1-3-13-9(12)10(2)6-4-5-8(11)7-10/h3-7H2,1-2H3/t10-/m0/s1. The molecule has 1 aliphatic carbocycles. The van der Waals surface area contributed by atoms with Gasteiger partial charge in [-0.2, -0.15) is 0 Å². The molecule has 1 atom stereocenters. The van der Waals surface area contributed by atoms with Gasteiger partial charge in [0.1, 0.15) is 5.78 Å². The summed E-state index contributed by atoms with van der Waals surface area (Å²) in [6.07, 6.45) is 2.56. The van der Waals surface area contributed by atoms with Gasteiger partial charge >= 0.3 is 5.97 Å². The van der Waals surface area contributed by atoms with E-state index in [2.05, 4.69) is 0 Å². The zero-order valence-corrected chi connectivity index (χ0v) is 8.26. The predicted molar refractivity (Wildman–Crippen MR) is 48.2 cm³/mol. The molecule has 0 aliphatic heterocycles. The molecule has 0 aromatic carbocycles. The van der Waals surface area contributed by atoms with Gasteiger partial charge in [-0.05, 0) is 26.7 Å². The summed E-state index contributed by atoms with van der Waals surface area (Å²) in [5.41, 5.74) is -0.550. The molecule has 1 saturated carbocycles. The lowest BCUT2D eigenvalue weighted by Crippen LogP contribution is -2.35. The maximum atomic E-state index is 11.5. The van der Waals surface area contributed by atoms with Gasteiger partial charge in [-0.1, -0.05) is 0 Å². The highest BCUT2D eigenvalue weighted by molar-refractivity contribution is 5.88. The first-order valence-electron chi connectivity index (χ1n) is 4.77. The molecule has 0 radical (unpaired) electrons. The van der Waals surface area contributed by atoms with Crippen molar-refractivity contribution in [3.63, 3.8) is 0 Å². The van der Waals surface area contributed by atoms with Crippen molar-refractivity contribution in [1.82, 2.24) is 0 Å². The Balaban J connectivity index is 2.63. The minimum atomic E-state index is -0.550. The Labute approximate surface area is 78.5 Å². The molecule has 0 spiro atoms. The Morgan fingerprint density at radius 2 is 2.31 bits per heavy atom. The fourth-order valence-electron chi connectivity index (χ4n) is 1.77. The molecule has 74 valence electrons. The third-order valence-corrected chi connectivity index (χ3v) is 2.54. The number of ether oxygens (including phenoxy) is 1. The van der Waals surface area contributed by atoms with Crippen LogP contribution in [0.1, 0.15) is 39.5 Å². The number of ketones is 1. The molecular formula is C10H16O3. The highest BCUT2D eigenvalue weighted by Gasteiger charge is 2.39. The first-order valence-corrected chi connectivity index (χ1v) is 4.77. The van der Waals surface area contributed by atoms with E-state index in [1.807, 2.05) is 6.92 Å². The molecule has 1 fully saturated rings. The van der Waals surface area contributed by atoms with E-state index in [9.17, 15) is 9.59 Å². The largest absolute Gasteiger partial charge is 0.466 e. The molecule has 0 aromatic heterocycles. The van der Waals surface area contributed by atoms with Gasteiger partial charge < -0.3 is 4.74 Å². The minimum Gasteiger partial charge on any atom is -0.466 e. The monoisotopic (exact) mass is 184 g/mol. The zero-order chi connectivity index (χ0) is 9.90. The lowest BCUT2D eigenvalue weighted by molar-refractivity contribution is -0.158. The van der Waals surface area contributed by atoms with Gasteiger partial charge in [-0.15, -0.1) is 0 Å². The summed E-state index contributed by atoms with van der Waals surface area (Å²) >= 11 is 0. The Morgan fingerprint density at radius 3 is 2.85 bits per heavy atom. The number of carbonyl (C=O) groups excluding carboxylic acids is 2. The van der Waals surface area contributed by atoms with E-state index in [1.165, 1.54) is 0 Å². The molecule has 1 rings (SSSR count). The Kier molecular flexibility index (Phi) is 3.07. The van der Waals surface area contributed by atoms with Crippen LogP contribution >= 0.6 is 0 Å². The van der Waals surface area contributed by atoms with E-state index in [-0.39, 0.29) is 11.8 Å². The fourth-order valence-corrected chi connectivity index (χ4v) is 1.77. The molecule has 3 nitrogen and oxygen atoms in total. The minimum absolute atomic E-state index is 0.182. The Morgan fingerprint density at radius 1 is 1.62 bits per heavy atom. The topological polar surface area (TPSA) is 43.4 Å². The van der Waals surface area contributed by atoms with Gasteiger partial charge in [0, 0.05) is 12.8 Å². The molecule has 0 unspecified atom stereocenters. The molecular weight excluding hydrogens is 168 g/mol. The normalized spacial score (nSPS) is 28.6. The van der Waals surface area contributed by atoms with Crippen LogP contribution in [0.25, 0.3) is 0 Å². The number of rotatable bonds is 2. The van der Waals surface area contributed by atoms with Gasteiger partial charge in [0.25, 0.3) is 0 Å². The van der Waals surface area contributed by atoms with Crippen molar-refractivity contribution in [2.75, 3.05) is 6.61 Å². The van der Waals surface area contributed by atoms with E-state index in [1.54, 1.807) is 6.92 Å².